The fourth-order valence-corrected chi connectivity index (χ4v) is 7.77. The van der Waals surface area contributed by atoms with Crippen LogP contribution in [0.2, 0.25) is 0 Å². The molecule has 3 aromatic rings. The Labute approximate surface area is 175 Å². The molecular formula is C22H21Br2OP. The molecular weight excluding hydrogens is 471 g/mol. The van der Waals surface area contributed by atoms with E-state index in [0.29, 0.717) is 6.16 Å². The molecule has 0 aliphatic rings. The molecule has 26 heavy (non-hydrogen) atoms. The molecule has 1 unspecified atom stereocenters. The normalized spacial score (nSPS) is 12.1. The van der Waals surface area contributed by atoms with E-state index < -0.39 is 7.26 Å². The average Bonchev–Trinajstić information content (AvgIpc) is 2.68. The number of Topliss-reactive ketones (excluding diaryl/α,β-unsaturated/α-hetero) is 1. The minimum atomic E-state index is -2.04. The van der Waals surface area contributed by atoms with Crippen LogP contribution >= 0.6 is 23.2 Å². The van der Waals surface area contributed by atoms with Gasteiger partial charge in [0.15, 0.2) is 5.78 Å². The molecule has 0 bridgehead atoms. The van der Waals surface area contributed by atoms with E-state index in [1.54, 1.807) is 0 Å². The first-order chi connectivity index (χ1) is 12.1. The summed E-state index contributed by atoms with van der Waals surface area (Å²) in [5.41, 5.74) is 0. The van der Waals surface area contributed by atoms with E-state index >= 15 is 0 Å². The van der Waals surface area contributed by atoms with Gasteiger partial charge in [-0.2, -0.15) is 0 Å². The van der Waals surface area contributed by atoms with Gasteiger partial charge in [-0.05, 0) is 43.3 Å². The Morgan fingerprint density at radius 1 is 0.769 bits per heavy atom. The predicted octanol–water partition coefficient (Wildman–Crippen LogP) is 1.34. The van der Waals surface area contributed by atoms with Crippen LogP contribution in [0.1, 0.15) is 6.92 Å². The van der Waals surface area contributed by atoms with Gasteiger partial charge >= 0.3 is 0 Å². The van der Waals surface area contributed by atoms with Gasteiger partial charge in [-0.3, -0.25) is 4.79 Å². The van der Waals surface area contributed by atoms with Gasteiger partial charge in [0, 0.05) is 0 Å². The lowest BCUT2D eigenvalue weighted by molar-refractivity contribution is -0.115. The molecule has 0 N–H and O–H groups in total. The summed E-state index contributed by atoms with van der Waals surface area (Å²) >= 11 is 3.48. The van der Waals surface area contributed by atoms with Gasteiger partial charge in [0.25, 0.3) is 0 Å². The highest BCUT2D eigenvalue weighted by atomic mass is 79.9. The van der Waals surface area contributed by atoms with Crippen molar-refractivity contribution in [3.05, 3.63) is 91.0 Å². The maximum atomic E-state index is 12.9. The molecule has 1 atom stereocenters. The number of benzene rings is 3. The van der Waals surface area contributed by atoms with Gasteiger partial charge in [-0.25, -0.2) is 0 Å². The summed E-state index contributed by atoms with van der Waals surface area (Å²) in [4.78, 5) is 12.7. The quantitative estimate of drug-likeness (QED) is 0.375. The Hall–Kier alpha value is -1.28. The van der Waals surface area contributed by atoms with Gasteiger partial charge in [0.1, 0.15) is 29.3 Å². The van der Waals surface area contributed by atoms with Crippen LogP contribution < -0.4 is 32.9 Å². The Morgan fingerprint density at radius 2 is 1.08 bits per heavy atom. The van der Waals surface area contributed by atoms with Crippen molar-refractivity contribution in [2.45, 2.75) is 11.8 Å². The minimum Gasteiger partial charge on any atom is -1.00 e. The lowest BCUT2D eigenvalue weighted by Crippen LogP contribution is -3.00. The van der Waals surface area contributed by atoms with Crippen LogP contribution in [0.25, 0.3) is 0 Å². The first kappa shape index (κ1) is 21.0. The first-order valence-electron chi connectivity index (χ1n) is 8.36. The number of rotatable bonds is 6. The molecule has 0 amide bonds. The number of carbonyl (C=O) groups excluding carboxylic acids is 1. The van der Waals surface area contributed by atoms with Crippen molar-refractivity contribution in [3.8, 4) is 0 Å². The molecule has 0 saturated heterocycles. The highest BCUT2D eigenvalue weighted by Gasteiger charge is 2.47. The fraction of sp³-hybridized carbons (Fsp3) is 0.136. The van der Waals surface area contributed by atoms with Crippen LogP contribution in [0.3, 0.4) is 0 Å². The fourth-order valence-electron chi connectivity index (χ4n) is 3.13. The predicted molar refractivity (Wildman–Crippen MR) is 113 cm³/mol. The lowest BCUT2D eigenvalue weighted by Gasteiger charge is -2.27. The third-order valence-corrected chi connectivity index (χ3v) is 9.26. The number of halogens is 2. The minimum absolute atomic E-state index is 0. The van der Waals surface area contributed by atoms with Crippen LogP contribution in [0.4, 0.5) is 0 Å². The van der Waals surface area contributed by atoms with Crippen LogP contribution in [-0.4, -0.2) is 16.8 Å². The van der Waals surface area contributed by atoms with E-state index in [9.17, 15) is 4.79 Å². The van der Waals surface area contributed by atoms with Gasteiger partial charge < -0.3 is 17.0 Å². The van der Waals surface area contributed by atoms with E-state index in [4.69, 9.17) is 0 Å². The molecule has 4 heteroatoms. The molecule has 1 nitrogen and oxygen atoms in total. The van der Waals surface area contributed by atoms with Gasteiger partial charge in [0.2, 0.25) is 0 Å². The SMILES string of the molecule is CC(Br)C(=O)C[P+](c1ccccc1)(c1ccccc1)c1ccccc1.[Br-]. The van der Waals surface area contributed by atoms with Gasteiger partial charge in [-0.15, -0.1) is 0 Å². The number of alkyl halides is 1. The lowest BCUT2D eigenvalue weighted by atomic mass is 10.3. The number of hydrogen-bond donors (Lipinski definition) is 0. The molecule has 3 aromatic carbocycles. The molecule has 0 aliphatic carbocycles. The monoisotopic (exact) mass is 490 g/mol. The van der Waals surface area contributed by atoms with E-state index in [-0.39, 0.29) is 27.6 Å². The Balaban J connectivity index is 0.00000243. The zero-order valence-corrected chi connectivity index (χ0v) is 18.6. The van der Waals surface area contributed by atoms with Crippen molar-refractivity contribution in [3.63, 3.8) is 0 Å². The molecule has 0 heterocycles. The zero-order valence-electron chi connectivity index (χ0n) is 14.6. The summed E-state index contributed by atoms with van der Waals surface area (Å²) in [6.45, 7) is 1.91. The molecule has 0 fully saturated rings. The summed E-state index contributed by atoms with van der Waals surface area (Å²) in [5.74, 6) is 0.241. The summed E-state index contributed by atoms with van der Waals surface area (Å²) in [5, 5.41) is 3.73. The first-order valence-corrected chi connectivity index (χ1v) is 11.3. The van der Waals surface area contributed by atoms with Crippen molar-refractivity contribution in [2.75, 3.05) is 6.16 Å². The Kier molecular flexibility index (Phi) is 7.76. The average molecular weight is 492 g/mol. The molecule has 0 radical (unpaired) electrons. The Morgan fingerprint density at radius 3 is 1.35 bits per heavy atom. The summed E-state index contributed by atoms with van der Waals surface area (Å²) in [7, 11) is -2.04. The second kappa shape index (κ2) is 9.60. The zero-order chi connectivity index (χ0) is 17.7. The summed E-state index contributed by atoms with van der Waals surface area (Å²) < 4.78 is 0. The van der Waals surface area contributed by atoms with Crippen molar-refractivity contribution >= 4 is 44.9 Å². The molecule has 0 aliphatic heterocycles. The van der Waals surface area contributed by atoms with Gasteiger partial charge in [0.05, 0.1) is 4.83 Å². The molecule has 0 spiro atoms. The Bertz CT molecular complexity index is 724. The second-order valence-electron chi connectivity index (χ2n) is 6.06. The largest absolute Gasteiger partial charge is 1.00 e. The number of hydrogen-bond acceptors (Lipinski definition) is 1. The number of carbonyl (C=O) groups is 1. The standard InChI is InChI=1S/C22H21BrOP.BrH/c1-18(23)22(24)17-25(19-11-5-2-6-12-19,20-13-7-3-8-14-20)21-15-9-4-10-16-21;/h2-16,18H,17H2,1H3;1H/q+1;/p-1. The maximum Gasteiger partial charge on any atom is 0.184 e. The van der Waals surface area contributed by atoms with E-state index in [2.05, 4.69) is 88.7 Å². The maximum absolute atomic E-state index is 12.9. The van der Waals surface area contributed by atoms with Crippen LogP contribution in [0.5, 0.6) is 0 Å². The van der Waals surface area contributed by atoms with Crippen molar-refractivity contribution in [1.82, 2.24) is 0 Å². The second-order valence-corrected chi connectivity index (χ2v) is 10.9. The van der Waals surface area contributed by atoms with Crippen molar-refractivity contribution in [1.29, 1.82) is 0 Å². The highest BCUT2D eigenvalue weighted by molar-refractivity contribution is 9.10. The summed E-state index contributed by atoms with van der Waals surface area (Å²) in [6.07, 6.45) is 0.525. The van der Waals surface area contributed by atoms with Crippen LogP contribution in [0.15, 0.2) is 91.0 Å². The van der Waals surface area contributed by atoms with Crippen molar-refractivity contribution < 1.29 is 21.8 Å². The van der Waals surface area contributed by atoms with Crippen LogP contribution in [0, 0.1) is 0 Å². The number of ketones is 1. The van der Waals surface area contributed by atoms with Crippen molar-refractivity contribution in [2.24, 2.45) is 0 Å². The molecule has 134 valence electrons. The topological polar surface area (TPSA) is 17.1 Å². The third kappa shape index (κ3) is 4.34. The molecule has 0 aromatic heterocycles. The molecule has 0 saturated carbocycles. The van der Waals surface area contributed by atoms with Crippen LogP contribution in [-0.2, 0) is 4.79 Å². The smallest absolute Gasteiger partial charge is 0.184 e. The summed E-state index contributed by atoms with van der Waals surface area (Å²) in [6, 6.07) is 31.5. The van der Waals surface area contributed by atoms with E-state index in [0.717, 1.165) is 0 Å². The van der Waals surface area contributed by atoms with E-state index in [1.807, 2.05) is 25.1 Å². The molecule has 3 rings (SSSR count). The third-order valence-electron chi connectivity index (χ3n) is 4.43. The highest BCUT2D eigenvalue weighted by Crippen LogP contribution is 2.55. The van der Waals surface area contributed by atoms with Gasteiger partial charge in [-0.1, -0.05) is 70.5 Å². The van der Waals surface area contributed by atoms with E-state index in [1.165, 1.54) is 15.9 Å².